The second kappa shape index (κ2) is 7.66. The molecule has 0 saturated carbocycles. The number of nitrogen functional groups attached to an aromatic ring is 1. The number of nitrogens with zero attached hydrogens (tertiary/aromatic N) is 6. The number of anilines is 1. The van der Waals surface area contributed by atoms with Crippen molar-refractivity contribution >= 4 is 17.2 Å². The molecule has 0 aliphatic heterocycles. The fourth-order valence-electron chi connectivity index (χ4n) is 2.92. The molecule has 4 aromatic rings. The minimum Gasteiger partial charge on any atom is -0.414 e. The molecule has 4 aromatic heterocycles. The van der Waals surface area contributed by atoms with Crippen molar-refractivity contribution in [2.45, 2.75) is 26.3 Å². The summed E-state index contributed by atoms with van der Waals surface area (Å²) in [5.41, 5.74) is 7.12. The molecule has 1 atom stereocenters. The van der Waals surface area contributed by atoms with Gasteiger partial charge in [0.25, 0.3) is 11.8 Å². The molecule has 0 spiro atoms. The Balaban J connectivity index is 1.63. The number of thiophene rings is 1. The Morgan fingerprint density at radius 2 is 1.93 bits per heavy atom. The Hall–Kier alpha value is -3.21. The molecule has 0 bridgehead atoms. The van der Waals surface area contributed by atoms with Gasteiger partial charge in [-0.25, -0.2) is 9.67 Å². The van der Waals surface area contributed by atoms with Crippen molar-refractivity contribution in [2.75, 3.05) is 5.73 Å². The lowest BCUT2D eigenvalue weighted by atomic mass is 10.0. The zero-order valence-electron chi connectivity index (χ0n) is 15.5. The largest absolute Gasteiger partial charge is 0.414 e. The zero-order valence-corrected chi connectivity index (χ0v) is 16.3. The fourth-order valence-corrected chi connectivity index (χ4v) is 4.11. The van der Waals surface area contributed by atoms with Crippen LogP contribution in [0.25, 0.3) is 22.0 Å². The summed E-state index contributed by atoms with van der Waals surface area (Å²) in [6, 6.07) is 7.12. The van der Waals surface area contributed by atoms with E-state index in [1.165, 1.54) is 11.3 Å². The lowest BCUT2D eigenvalue weighted by molar-refractivity contribution is 0.116. The number of alkyl halides is 2. The van der Waals surface area contributed by atoms with E-state index < -0.39 is 12.3 Å². The van der Waals surface area contributed by atoms with E-state index in [1.807, 2.05) is 18.3 Å². The molecule has 0 saturated heterocycles. The summed E-state index contributed by atoms with van der Waals surface area (Å²) >= 11 is 1.39. The maximum atomic E-state index is 12.7. The van der Waals surface area contributed by atoms with Crippen LogP contribution in [0.3, 0.4) is 0 Å². The Bertz CT molecular complexity index is 1100. The molecule has 150 valence electrons. The number of rotatable bonds is 6. The van der Waals surface area contributed by atoms with Crippen molar-refractivity contribution in [1.82, 2.24) is 30.2 Å². The highest BCUT2D eigenvalue weighted by atomic mass is 32.1. The zero-order chi connectivity index (χ0) is 20.5. The van der Waals surface area contributed by atoms with Crippen LogP contribution in [0.1, 0.15) is 37.1 Å². The van der Waals surface area contributed by atoms with E-state index in [-0.39, 0.29) is 17.9 Å². The molecule has 2 N–H and O–H groups in total. The number of halogens is 2. The van der Waals surface area contributed by atoms with E-state index in [2.05, 4.69) is 39.3 Å². The standard InChI is InChI=1S/C18H17F2N7OS/c1-9(2)15(27-8-11(23-26-27)10-3-6-14(21)22-7-10)12-4-5-13(29-12)17-24-25-18(28-17)16(19)20/h3-9,15-16H,1-2H3,(H2,21,22). The smallest absolute Gasteiger partial charge is 0.314 e. The van der Waals surface area contributed by atoms with Gasteiger partial charge in [0.15, 0.2) is 0 Å². The predicted molar refractivity (Wildman–Crippen MR) is 103 cm³/mol. The van der Waals surface area contributed by atoms with Gasteiger partial charge in [0.2, 0.25) is 0 Å². The van der Waals surface area contributed by atoms with Gasteiger partial charge in [-0.1, -0.05) is 19.1 Å². The second-order valence-corrected chi connectivity index (χ2v) is 7.81. The fraction of sp³-hybridized carbons (Fsp3) is 0.278. The first-order chi connectivity index (χ1) is 13.9. The van der Waals surface area contributed by atoms with Gasteiger partial charge in [-0.15, -0.1) is 26.6 Å². The highest BCUT2D eigenvalue weighted by Gasteiger charge is 2.24. The third-order valence-electron chi connectivity index (χ3n) is 4.27. The van der Waals surface area contributed by atoms with Crippen molar-refractivity contribution < 1.29 is 13.2 Å². The number of nitrogens with two attached hydrogens (primary N) is 1. The molecular weight excluding hydrogens is 400 g/mol. The number of hydrogen-bond acceptors (Lipinski definition) is 8. The predicted octanol–water partition coefficient (Wildman–Crippen LogP) is 4.22. The summed E-state index contributed by atoms with van der Waals surface area (Å²) in [5, 5.41) is 15.6. The molecule has 0 aliphatic carbocycles. The monoisotopic (exact) mass is 417 g/mol. The first-order valence-corrected chi connectivity index (χ1v) is 9.59. The van der Waals surface area contributed by atoms with Gasteiger partial charge in [0, 0.05) is 16.6 Å². The van der Waals surface area contributed by atoms with E-state index in [9.17, 15) is 8.78 Å². The van der Waals surface area contributed by atoms with Crippen LogP contribution < -0.4 is 5.73 Å². The van der Waals surface area contributed by atoms with Crippen LogP contribution in [0.15, 0.2) is 41.1 Å². The van der Waals surface area contributed by atoms with E-state index >= 15 is 0 Å². The molecule has 0 amide bonds. The lowest BCUT2D eigenvalue weighted by Gasteiger charge is -2.19. The lowest BCUT2D eigenvalue weighted by Crippen LogP contribution is -2.16. The molecule has 0 aromatic carbocycles. The van der Waals surface area contributed by atoms with Crippen LogP contribution in [0, 0.1) is 5.92 Å². The summed E-state index contributed by atoms with van der Waals surface area (Å²) < 4.78 is 32.2. The van der Waals surface area contributed by atoms with E-state index in [4.69, 9.17) is 10.2 Å². The van der Waals surface area contributed by atoms with Crippen molar-refractivity contribution in [3.8, 4) is 22.0 Å². The maximum absolute atomic E-state index is 12.7. The Labute approximate surface area is 168 Å². The van der Waals surface area contributed by atoms with Gasteiger partial charge in [-0.3, -0.25) is 0 Å². The molecule has 11 heteroatoms. The Kier molecular flexibility index (Phi) is 5.05. The summed E-state index contributed by atoms with van der Waals surface area (Å²) in [7, 11) is 0. The van der Waals surface area contributed by atoms with Gasteiger partial charge in [-0.05, 0) is 30.2 Å². The van der Waals surface area contributed by atoms with Crippen LogP contribution >= 0.6 is 11.3 Å². The maximum Gasteiger partial charge on any atom is 0.314 e. The summed E-state index contributed by atoms with van der Waals surface area (Å²) in [4.78, 5) is 5.67. The second-order valence-electron chi connectivity index (χ2n) is 6.69. The van der Waals surface area contributed by atoms with Gasteiger partial charge in [0.1, 0.15) is 11.5 Å². The van der Waals surface area contributed by atoms with Crippen LogP contribution in [0.2, 0.25) is 0 Å². The number of pyridine rings is 1. The van der Waals surface area contributed by atoms with E-state index in [0.29, 0.717) is 16.4 Å². The first-order valence-electron chi connectivity index (χ1n) is 8.77. The third kappa shape index (κ3) is 3.86. The van der Waals surface area contributed by atoms with Crippen LogP contribution in [0.4, 0.5) is 14.6 Å². The highest BCUT2D eigenvalue weighted by Crippen LogP contribution is 2.36. The molecule has 0 radical (unpaired) electrons. The first kappa shape index (κ1) is 19.1. The van der Waals surface area contributed by atoms with Crippen LogP contribution in [-0.4, -0.2) is 30.2 Å². The molecule has 4 heterocycles. The molecule has 0 aliphatic rings. The van der Waals surface area contributed by atoms with E-state index in [1.54, 1.807) is 23.0 Å². The SMILES string of the molecule is CC(C)C(c1ccc(-c2nnc(C(F)F)o2)s1)n1cc(-c2ccc(N)nc2)nn1. The minimum atomic E-state index is -2.80. The quantitative estimate of drug-likeness (QED) is 0.500. The average molecular weight is 417 g/mol. The molecule has 29 heavy (non-hydrogen) atoms. The van der Waals surface area contributed by atoms with Crippen molar-refractivity contribution in [3.63, 3.8) is 0 Å². The van der Waals surface area contributed by atoms with Gasteiger partial charge in [0.05, 0.1) is 17.1 Å². The van der Waals surface area contributed by atoms with Gasteiger partial charge < -0.3 is 10.2 Å². The Morgan fingerprint density at radius 3 is 2.59 bits per heavy atom. The van der Waals surface area contributed by atoms with Gasteiger partial charge >= 0.3 is 6.43 Å². The summed E-state index contributed by atoms with van der Waals surface area (Å²) in [5.74, 6) is 0.0166. The normalized spacial score (nSPS) is 12.8. The molecular formula is C18H17F2N7OS. The average Bonchev–Trinajstić information content (AvgIpc) is 3.43. The van der Waals surface area contributed by atoms with E-state index in [0.717, 1.165) is 10.4 Å². The van der Waals surface area contributed by atoms with Crippen molar-refractivity contribution in [2.24, 2.45) is 5.92 Å². The Morgan fingerprint density at radius 1 is 1.10 bits per heavy atom. The number of aromatic nitrogens is 6. The molecule has 1 unspecified atom stereocenters. The van der Waals surface area contributed by atoms with Crippen LogP contribution in [0.5, 0.6) is 0 Å². The molecule has 8 nitrogen and oxygen atoms in total. The van der Waals surface area contributed by atoms with Crippen LogP contribution in [-0.2, 0) is 0 Å². The highest BCUT2D eigenvalue weighted by molar-refractivity contribution is 7.15. The van der Waals surface area contributed by atoms with Crippen molar-refractivity contribution in [1.29, 1.82) is 0 Å². The number of hydrogen-bond donors (Lipinski definition) is 1. The minimum absolute atomic E-state index is 0.0753. The topological polar surface area (TPSA) is 109 Å². The van der Waals surface area contributed by atoms with Crippen molar-refractivity contribution in [3.05, 3.63) is 47.4 Å². The molecule has 4 rings (SSSR count). The third-order valence-corrected chi connectivity index (χ3v) is 5.41. The van der Waals surface area contributed by atoms with Gasteiger partial charge in [-0.2, -0.15) is 8.78 Å². The summed E-state index contributed by atoms with van der Waals surface area (Å²) in [6.45, 7) is 4.13. The summed E-state index contributed by atoms with van der Waals surface area (Å²) in [6.07, 6.45) is 0.697. The molecule has 0 fully saturated rings.